The molecular formula is C25H36N2O4. The van der Waals surface area contributed by atoms with Crippen molar-refractivity contribution in [2.24, 2.45) is 0 Å². The number of methoxy groups -OCH3 is 1. The summed E-state index contributed by atoms with van der Waals surface area (Å²) in [5.74, 6) is 0.760. The first-order chi connectivity index (χ1) is 14.4. The molecule has 1 aromatic heterocycles. The molecule has 6 nitrogen and oxygen atoms in total. The predicted molar refractivity (Wildman–Crippen MR) is 122 cm³/mol. The van der Waals surface area contributed by atoms with Crippen LogP contribution in [0.1, 0.15) is 82.8 Å². The molecule has 2 aromatic rings. The van der Waals surface area contributed by atoms with Gasteiger partial charge >= 0.3 is 6.09 Å². The van der Waals surface area contributed by atoms with Crippen LogP contribution >= 0.6 is 0 Å². The molecule has 31 heavy (non-hydrogen) atoms. The number of aromatic amines is 1. The zero-order chi connectivity index (χ0) is 23.0. The van der Waals surface area contributed by atoms with E-state index in [1.54, 1.807) is 0 Å². The molecule has 0 radical (unpaired) electrons. The van der Waals surface area contributed by atoms with Gasteiger partial charge in [-0.05, 0) is 46.8 Å². The van der Waals surface area contributed by atoms with Gasteiger partial charge < -0.3 is 14.2 Å². The summed E-state index contributed by atoms with van der Waals surface area (Å²) >= 11 is 0. The highest BCUT2D eigenvalue weighted by Gasteiger charge is 2.35. The van der Waals surface area contributed by atoms with Crippen LogP contribution in [0.4, 0.5) is 4.79 Å². The highest BCUT2D eigenvalue weighted by atomic mass is 16.5. The Hall–Kier alpha value is -2.50. The van der Waals surface area contributed by atoms with E-state index in [0.29, 0.717) is 12.3 Å². The van der Waals surface area contributed by atoms with Crippen LogP contribution in [-0.4, -0.2) is 35.8 Å². The Labute approximate surface area is 184 Å². The van der Waals surface area contributed by atoms with Crippen molar-refractivity contribution in [1.82, 2.24) is 10.1 Å². The molecule has 2 heterocycles. The number of benzene rings is 1. The van der Waals surface area contributed by atoms with E-state index in [9.17, 15) is 9.59 Å². The lowest BCUT2D eigenvalue weighted by atomic mass is 9.78. The predicted octanol–water partition coefficient (Wildman–Crippen LogP) is 5.12. The number of carbonyl (C=O) groups is 1. The summed E-state index contributed by atoms with van der Waals surface area (Å²) in [7, 11) is 1.43. The fraction of sp³-hybridized carbons (Fsp3) is 0.600. The molecule has 1 fully saturated rings. The van der Waals surface area contributed by atoms with E-state index in [0.717, 1.165) is 19.3 Å². The second-order valence-electron chi connectivity index (χ2n) is 10.8. The quantitative estimate of drug-likeness (QED) is 0.736. The number of carbonyl (C=O) groups excluding carboxylic acids is 1. The molecule has 1 saturated heterocycles. The number of nitrogens with one attached hydrogen (secondary N) is 1. The molecule has 0 bridgehead atoms. The Bertz CT molecular complexity index is 942. The average Bonchev–Trinajstić information content (AvgIpc) is 3.12. The number of amides is 1. The van der Waals surface area contributed by atoms with Gasteiger partial charge in [0.1, 0.15) is 5.76 Å². The number of nitrogens with zero attached hydrogens (tertiary/aromatic N) is 1. The van der Waals surface area contributed by atoms with Crippen molar-refractivity contribution in [1.29, 1.82) is 0 Å². The third-order valence-electron chi connectivity index (χ3n) is 6.27. The zero-order valence-corrected chi connectivity index (χ0v) is 19.9. The Balaban J connectivity index is 1.95. The number of ether oxygens (including phenoxy) is 1. The molecule has 3 rings (SSSR count). The third-order valence-corrected chi connectivity index (χ3v) is 6.27. The van der Waals surface area contributed by atoms with Crippen molar-refractivity contribution >= 4 is 6.09 Å². The lowest BCUT2D eigenvalue weighted by Gasteiger charge is -2.38. The molecule has 1 aromatic carbocycles. The first-order valence-corrected chi connectivity index (χ1v) is 11.1. The van der Waals surface area contributed by atoms with Gasteiger partial charge in [0.05, 0.1) is 7.11 Å². The molecule has 1 aliphatic rings. The largest absolute Gasteiger partial charge is 0.453 e. The summed E-state index contributed by atoms with van der Waals surface area (Å²) < 4.78 is 10.4. The standard InChI is InChI=1S/C25H36N2O4/c1-24(2,3)18-10-16(11-19(14-18)25(4,5)6)12-20-13-17(21-15-22(28)26-31-21)8-9-27(20)23(29)30-7/h10-11,14-15,17,20H,8-9,12-13H2,1-7H3,(H,26,28)/t17-,20-/m1/s1. The third kappa shape index (κ3) is 5.41. The van der Waals surface area contributed by atoms with Gasteiger partial charge in [-0.2, -0.15) is 5.16 Å². The number of rotatable bonds is 3. The van der Waals surface area contributed by atoms with Crippen molar-refractivity contribution in [3.8, 4) is 0 Å². The van der Waals surface area contributed by atoms with E-state index in [2.05, 4.69) is 64.9 Å². The molecule has 0 saturated carbocycles. The summed E-state index contributed by atoms with van der Waals surface area (Å²) in [4.78, 5) is 25.9. The SMILES string of the molecule is COC(=O)N1CC[C@@H](c2cc(=O)[nH]o2)C[C@H]1Cc1cc(C(C)(C)C)cc(C(C)(C)C)c1. The summed E-state index contributed by atoms with van der Waals surface area (Å²) in [6.07, 6.45) is 1.89. The van der Waals surface area contributed by atoms with Gasteiger partial charge in [0, 0.05) is 24.6 Å². The fourth-order valence-corrected chi connectivity index (χ4v) is 4.31. The van der Waals surface area contributed by atoms with Crippen molar-refractivity contribution in [2.75, 3.05) is 13.7 Å². The number of likely N-dealkylation sites (tertiary alicyclic amines) is 1. The monoisotopic (exact) mass is 428 g/mol. The Morgan fingerprint density at radius 3 is 2.19 bits per heavy atom. The Morgan fingerprint density at radius 2 is 1.71 bits per heavy atom. The van der Waals surface area contributed by atoms with Crippen molar-refractivity contribution < 1.29 is 14.1 Å². The second-order valence-corrected chi connectivity index (χ2v) is 10.8. The van der Waals surface area contributed by atoms with Crippen molar-refractivity contribution in [3.63, 3.8) is 0 Å². The van der Waals surface area contributed by atoms with Gasteiger partial charge in [-0.15, -0.1) is 0 Å². The van der Waals surface area contributed by atoms with E-state index in [-0.39, 0.29) is 34.4 Å². The van der Waals surface area contributed by atoms with Crippen LogP contribution < -0.4 is 5.56 Å². The number of hydrogen-bond donors (Lipinski definition) is 1. The van der Waals surface area contributed by atoms with E-state index in [4.69, 9.17) is 9.26 Å². The number of hydrogen-bond acceptors (Lipinski definition) is 4. The minimum absolute atomic E-state index is 0.0294. The molecule has 1 amide bonds. The zero-order valence-electron chi connectivity index (χ0n) is 19.9. The van der Waals surface area contributed by atoms with Crippen LogP contribution in [0.15, 0.2) is 33.6 Å². The first-order valence-electron chi connectivity index (χ1n) is 11.1. The maximum atomic E-state index is 12.5. The second kappa shape index (κ2) is 8.56. The molecule has 0 unspecified atom stereocenters. The topological polar surface area (TPSA) is 75.5 Å². The molecule has 0 aliphatic carbocycles. The lowest BCUT2D eigenvalue weighted by Crippen LogP contribution is -2.46. The van der Waals surface area contributed by atoms with Crippen LogP contribution in [0, 0.1) is 0 Å². The highest BCUT2D eigenvalue weighted by molar-refractivity contribution is 5.68. The van der Waals surface area contributed by atoms with Crippen LogP contribution in [0.2, 0.25) is 0 Å². The van der Waals surface area contributed by atoms with Gasteiger partial charge in [-0.1, -0.05) is 59.7 Å². The van der Waals surface area contributed by atoms with Crippen LogP contribution in [-0.2, 0) is 22.0 Å². The molecule has 1 N–H and O–H groups in total. The molecule has 6 heteroatoms. The summed E-state index contributed by atoms with van der Waals surface area (Å²) in [5, 5.41) is 2.39. The number of aromatic nitrogens is 1. The Kier molecular flexibility index (Phi) is 6.40. The van der Waals surface area contributed by atoms with E-state index in [1.807, 2.05) is 4.90 Å². The average molecular weight is 429 g/mol. The minimum atomic E-state index is -0.304. The van der Waals surface area contributed by atoms with Gasteiger partial charge in [-0.25, -0.2) is 4.79 Å². The van der Waals surface area contributed by atoms with Crippen molar-refractivity contribution in [2.45, 2.75) is 83.6 Å². The van der Waals surface area contributed by atoms with Gasteiger partial charge in [0.25, 0.3) is 5.56 Å². The maximum Gasteiger partial charge on any atom is 0.409 e. The van der Waals surface area contributed by atoms with Crippen LogP contribution in [0.3, 0.4) is 0 Å². The number of piperidine rings is 1. The minimum Gasteiger partial charge on any atom is -0.453 e. The van der Waals surface area contributed by atoms with Crippen LogP contribution in [0.25, 0.3) is 0 Å². The van der Waals surface area contributed by atoms with Crippen molar-refractivity contribution in [3.05, 3.63) is 57.1 Å². The lowest BCUT2D eigenvalue weighted by molar-refractivity contribution is 0.0816. The molecule has 2 atom stereocenters. The van der Waals surface area contributed by atoms with Gasteiger partial charge in [0.15, 0.2) is 0 Å². The summed E-state index contributed by atoms with van der Waals surface area (Å²) in [5.41, 5.74) is 3.64. The molecule has 0 spiro atoms. The molecule has 170 valence electrons. The fourth-order valence-electron chi connectivity index (χ4n) is 4.31. The first kappa shape index (κ1) is 23.2. The number of H-pyrrole nitrogens is 1. The highest BCUT2D eigenvalue weighted by Crippen LogP contribution is 2.35. The van der Waals surface area contributed by atoms with Gasteiger partial charge in [-0.3, -0.25) is 4.79 Å². The normalized spacial score (nSPS) is 20.0. The van der Waals surface area contributed by atoms with E-state index < -0.39 is 0 Å². The van der Waals surface area contributed by atoms with E-state index in [1.165, 1.54) is 29.9 Å². The maximum absolute atomic E-state index is 12.5. The summed E-state index contributed by atoms with van der Waals surface area (Å²) in [6, 6.07) is 8.33. The summed E-state index contributed by atoms with van der Waals surface area (Å²) in [6.45, 7) is 13.9. The van der Waals surface area contributed by atoms with E-state index >= 15 is 0 Å². The smallest absolute Gasteiger partial charge is 0.409 e. The van der Waals surface area contributed by atoms with Gasteiger partial charge in [0.2, 0.25) is 0 Å². The van der Waals surface area contributed by atoms with Crippen LogP contribution in [0.5, 0.6) is 0 Å². The Morgan fingerprint density at radius 1 is 1.10 bits per heavy atom. The molecular weight excluding hydrogens is 392 g/mol. The molecule has 1 aliphatic heterocycles.